The number of piperidine rings is 1. The van der Waals surface area contributed by atoms with Crippen LogP contribution in [0.5, 0.6) is 0 Å². The second-order valence-corrected chi connectivity index (χ2v) is 9.76. The maximum Gasteiger partial charge on any atom is 0.414 e. The summed E-state index contributed by atoms with van der Waals surface area (Å²) in [6.45, 7) is 2.14. The first-order valence-corrected chi connectivity index (χ1v) is 11.5. The smallest absolute Gasteiger partial charge is 0.414 e. The molecule has 0 bridgehead atoms. The van der Waals surface area contributed by atoms with Crippen LogP contribution in [0, 0.1) is 27.2 Å². The fourth-order valence-corrected chi connectivity index (χ4v) is 5.79. The monoisotopic (exact) mass is 476 g/mol. The summed E-state index contributed by atoms with van der Waals surface area (Å²) in [4.78, 5) is 34.0. The number of rotatable bonds is 5. The molecule has 4 rings (SSSR count). The molecule has 1 saturated heterocycles. The Balaban J connectivity index is 1.57. The highest BCUT2D eigenvalue weighted by Gasteiger charge is 2.39. The molecule has 13 heteroatoms. The van der Waals surface area contributed by atoms with Crippen LogP contribution < -0.4 is 4.90 Å². The van der Waals surface area contributed by atoms with Gasteiger partial charge >= 0.3 is 6.09 Å². The standard InChI is InChI=1S/C20H20N4O8S/c1-13-2-4-17-14(10-13)12-32-20(25)22(17)15-6-8-21(9-7-15)33(30,31)19-5-3-16(23(26)27)11-18(19)24(28)29/h2-5,10-11,15H,6-9,12H2,1H3. The van der Waals surface area contributed by atoms with Gasteiger partial charge in [0.25, 0.3) is 11.4 Å². The first-order valence-electron chi connectivity index (χ1n) is 10.1. The molecular weight excluding hydrogens is 456 g/mol. The summed E-state index contributed by atoms with van der Waals surface area (Å²) in [5.74, 6) is 0. The normalized spacial score (nSPS) is 17.4. The zero-order valence-electron chi connectivity index (χ0n) is 17.5. The van der Waals surface area contributed by atoms with Crippen LogP contribution in [0.1, 0.15) is 24.0 Å². The highest BCUT2D eigenvalue weighted by Crippen LogP contribution is 2.35. The minimum atomic E-state index is -4.28. The molecule has 33 heavy (non-hydrogen) atoms. The van der Waals surface area contributed by atoms with Crippen molar-refractivity contribution in [2.24, 2.45) is 0 Å². The van der Waals surface area contributed by atoms with Crippen molar-refractivity contribution in [2.75, 3.05) is 18.0 Å². The highest BCUT2D eigenvalue weighted by atomic mass is 32.2. The molecule has 1 fully saturated rings. The number of non-ortho nitro benzene ring substituents is 1. The minimum Gasteiger partial charge on any atom is -0.444 e. The Morgan fingerprint density at radius 2 is 1.73 bits per heavy atom. The van der Waals surface area contributed by atoms with Crippen LogP contribution in [0.3, 0.4) is 0 Å². The lowest BCUT2D eigenvalue weighted by Crippen LogP contribution is -2.50. The number of hydrogen-bond acceptors (Lipinski definition) is 8. The van der Waals surface area contributed by atoms with Gasteiger partial charge in [0.2, 0.25) is 10.0 Å². The Morgan fingerprint density at radius 1 is 1.03 bits per heavy atom. The second kappa shape index (κ2) is 8.41. The number of benzene rings is 2. The Morgan fingerprint density at radius 3 is 2.36 bits per heavy atom. The second-order valence-electron chi connectivity index (χ2n) is 7.86. The predicted octanol–water partition coefficient (Wildman–Crippen LogP) is 3.12. The average molecular weight is 476 g/mol. The zero-order valence-corrected chi connectivity index (χ0v) is 18.4. The van der Waals surface area contributed by atoms with Crippen LogP contribution >= 0.6 is 0 Å². The van der Waals surface area contributed by atoms with Gasteiger partial charge in [-0.25, -0.2) is 13.2 Å². The molecule has 12 nitrogen and oxygen atoms in total. The van der Waals surface area contributed by atoms with E-state index in [0.717, 1.165) is 33.3 Å². The van der Waals surface area contributed by atoms with Gasteiger partial charge in [-0.2, -0.15) is 4.31 Å². The molecular formula is C20H20N4O8S. The number of fused-ring (bicyclic) bond motifs is 1. The van der Waals surface area contributed by atoms with Crippen molar-refractivity contribution in [3.05, 3.63) is 67.8 Å². The van der Waals surface area contributed by atoms with Crippen molar-refractivity contribution in [1.82, 2.24) is 4.31 Å². The Kier molecular flexibility index (Phi) is 5.76. The molecule has 0 spiro atoms. The molecule has 174 valence electrons. The van der Waals surface area contributed by atoms with E-state index in [1.807, 2.05) is 25.1 Å². The zero-order chi connectivity index (χ0) is 23.9. The van der Waals surface area contributed by atoms with Gasteiger partial charge in [-0.3, -0.25) is 25.1 Å². The molecule has 0 radical (unpaired) electrons. The number of amides is 1. The number of sulfonamides is 1. The molecule has 2 aromatic carbocycles. The van der Waals surface area contributed by atoms with Gasteiger partial charge in [0.05, 0.1) is 21.6 Å². The van der Waals surface area contributed by atoms with E-state index in [0.29, 0.717) is 18.9 Å². The fourth-order valence-electron chi connectivity index (χ4n) is 4.18. The number of aryl methyl sites for hydroxylation is 1. The predicted molar refractivity (Wildman–Crippen MR) is 115 cm³/mol. The number of carbonyl (C=O) groups is 1. The SMILES string of the molecule is Cc1ccc2c(c1)COC(=O)N2C1CCN(S(=O)(=O)c2ccc([N+](=O)[O-])cc2[N+](=O)[O-])CC1. The van der Waals surface area contributed by atoms with E-state index in [1.165, 1.54) is 4.90 Å². The summed E-state index contributed by atoms with van der Waals surface area (Å²) in [6, 6.07) is 7.81. The van der Waals surface area contributed by atoms with E-state index in [-0.39, 0.29) is 25.7 Å². The largest absolute Gasteiger partial charge is 0.444 e. The number of nitro benzene ring substituents is 2. The first kappa shape index (κ1) is 22.6. The molecule has 2 aliphatic heterocycles. The van der Waals surface area contributed by atoms with Gasteiger partial charge in [0, 0.05) is 30.8 Å². The molecule has 0 unspecified atom stereocenters. The lowest BCUT2D eigenvalue weighted by molar-refractivity contribution is -0.396. The fraction of sp³-hybridized carbons (Fsp3) is 0.350. The maximum absolute atomic E-state index is 13.1. The van der Waals surface area contributed by atoms with Gasteiger partial charge in [-0.1, -0.05) is 17.7 Å². The van der Waals surface area contributed by atoms with Gasteiger partial charge in [-0.15, -0.1) is 0 Å². The summed E-state index contributed by atoms with van der Waals surface area (Å²) in [6.07, 6.45) is 0.0869. The van der Waals surface area contributed by atoms with Crippen molar-refractivity contribution >= 4 is 33.2 Å². The van der Waals surface area contributed by atoms with E-state index in [1.54, 1.807) is 0 Å². The minimum absolute atomic E-state index is 0.0200. The van der Waals surface area contributed by atoms with Crippen molar-refractivity contribution in [3.8, 4) is 0 Å². The number of anilines is 1. The molecule has 0 saturated carbocycles. The van der Waals surface area contributed by atoms with Gasteiger partial charge in [0.1, 0.15) is 6.61 Å². The molecule has 2 heterocycles. The Labute approximate surface area is 188 Å². The van der Waals surface area contributed by atoms with Crippen molar-refractivity contribution in [1.29, 1.82) is 0 Å². The van der Waals surface area contributed by atoms with Crippen molar-refractivity contribution < 1.29 is 27.8 Å². The highest BCUT2D eigenvalue weighted by molar-refractivity contribution is 7.89. The summed E-state index contributed by atoms with van der Waals surface area (Å²) in [5, 5.41) is 22.3. The number of cyclic esters (lactones) is 1. The average Bonchev–Trinajstić information content (AvgIpc) is 2.78. The van der Waals surface area contributed by atoms with Crippen LogP contribution in [0.25, 0.3) is 0 Å². The number of nitrogens with zero attached hydrogens (tertiary/aromatic N) is 4. The van der Waals surface area contributed by atoms with E-state index in [4.69, 9.17) is 4.74 Å². The van der Waals surface area contributed by atoms with E-state index in [2.05, 4.69) is 0 Å². The lowest BCUT2D eigenvalue weighted by atomic mass is 10.0. The molecule has 0 atom stereocenters. The van der Waals surface area contributed by atoms with Gasteiger partial charge in [-0.05, 0) is 31.9 Å². The number of nitro groups is 2. The van der Waals surface area contributed by atoms with Crippen LogP contribution in [0.2, 0.25) is 0 Å². The number of carbonyl (C=O) groups excluding carboxylic acids is 1. The third kappa shape index (κ3) is 4.12. The summed E-state index contributed by atoms with van der Waals surface area (Å²) in [7, 11) is -4.28. The first-order chi connectivity index (χ1) is 15.6. The van der Waals surface area contributed by atoms with Crippen molar-refractivity contribution in [2.45, 2.75) is 37.3 Å². The van der Waals surface area contributed by atoms with Crippen molar-refractivity contribution in [3.63, 3.8) is 0 Å². The van der Waals surface area contributed by atoms with Gasteiger partial charge in [0.15, 0.2) is 4.90 Å². The summed E-state index contributed by atoms with van der Waals surface area (Å²) in [5.41, 5.74) is 1.19. The topological polar surface area (TPSA) is 153 Å². The quantitative estimate of drug-likeness (QED) is 0.471. The van der Waals surface area contributed by atoms with E-state index < -0.39 is 42.2 Å². The Bertz CT molecular complexity index is 1250. The molecule has 0 aromatic heterocycles. The van der Waals surface area contributed by atoms with E-state index >= 15 is 0 Å². The van der Waals surface area contributed by atoms with Gasteiger partial charge < -0.3 is 4.74 Å². The third-order valence-corrected chi connectivity index (χ3v) is 7.74. The molecule has 0 aliphatic carbocycles. The molecule has 1 amide bonds. The third-order valence-electron chi connectivity index (χ3n) is 5.80. The van der Waals surface area contributed by atoms with Crippen LogP contribution in [0.4, 0.5) is 21.9 Å². The van der Waals surface area contributed by atoms with E-state index in [9.17, 15) is 33.4 Å². The lowest BCUT2D eigenvalue weighted by Gasteiger charge is -2.39. The molecule has 2 aliphatic rings. The maximum atomic E-state index is 13.1. The summed E-state index contributed by atoms with van der Waals surface area (Å²) < 4.78 is 32.6. The van der Waals surface area contributed by atoms with Crippen LogP contribution in [-0.4, -0.2) is 47.8 Å². The molecule has 0 N–H and O–H groups in total. The molecule has 2 aromatic rings. The van der Waals surface area contributed by atoms with Crippen LogP contribution in [-0.2, 0) is 21.4 Å². The number of hydrogen-bond donors (Lipinski definition) is 0. The summed E-state index contributed by atoms with van der Waals surface area (Å²) >= 11 is 0. The van der Waals surface area contributed by atoms with Crippen LogP contribution in [0.15, 0.2) is 41.3 Å². The Hall–Kier alpha value is -3.58. The number of ether oxygens (including phenoxy) is 1.